The number of fused-ring (bicyclic) bond motifs is 1. The van der Waals surface area contributed by atoms with E-state index >= 15 is 0 Å². The molecule has 3 aromatic rings. The molecular formula is C16H15ClN4OS. The maximum absolute atomic E-state index is 12.2. The minimum absolute atomic E-state index is 0.133. The van der Waals surface area contributed by atoms with E-state index in [0.29, 0.717) is 10.0 Å². The Morgan fingerprint density at radius 3 is 2.48 bits per heavy atom. The van der Waals surface area contributed by atoms with Crippen molar-refractivity contribution >= 4 is 45.1 Å². The van der Waals surface area contributed by atoms with Crippen molar-refractivity contribution in [2.75, 3.05) is 5.32 Å². The number of nitrogens with one attached hydrogen (secondary N) is 1. The summed E-state index contributed by atoms with van der Waals surface area (Å²) in [5.41, 5.74) is 5.04. The van der Waals surface area contributed by atoms with E-state index in [1.807, 2.05) is 32.0 Å². The summed E-state index contributed by atoms with van der Waals surface area (Å²) in [6, 6.07) is 5.68. The minimum atomic E-state index is -0.133. The lowest BCUT2D eigenvalue weighted by atomic mass is 10.1. The molecule has 0 aliphatic carbocycles. The standard InChI is InChI=1S/C16H15ClN4OS/c1-8-9(2)19-13-6-11(4-5-12(13)18-8)7-14(22)20-16-15(17)10(3)21-23-16/h4-6H,7H2,1-3H3,(H,20,22). The summed E-state index contributed by atoms with van der Waals surface area (Å²) in [6.07, 6.45) is 0.248. The van der Waals surface area contributed by atoms with Gasteiger partial charge in [-0.1, -0.05) is 17.7 Å². The zero-order valence-corrected chi connectivity index (χ0v) is 14.5. The number of rotatable bonds is 3. The zero-order valence-electron chi connectivity index (χ0n) is 13.0. The van der Waals surface area contributed by atoms with Crippen LogP contribution in [-0.4, -0.2) is 20.2 Å². The van der Waals surface area contributed by atoms with Crippen molar-refractivity contribution in [3.63, 3.8) is 0 Å². The van der Waals surface area contributed by atoms with Crippen LogP contribution in [0, 0.1) is 20.8 Å². The van der Waals surface area contributed by atoms with Crippen molar-refractivity contribution in [3.05, 3.63) is 45.9 Å². The zero-order chi connectivity index (χ0) is 16.6. The third kappa shape index (κ3) is 3.33. The first-order valence-corrected chi connectivity index (χ1v) is 8.24. The van der Waals surface area contributed by atoms with Crippen LogP contribution in [0.1, 0.15) is 22.6 Å². The maximum Gasteiger partial charge on any atom is 0.229 e. The van der Waals surface area contributed by atoms with Crippen LogP contribution in [0.2, 0.25) is 5.02 Å². The number of halogens is 1. The topological polar surface area (TPSA) is 67.8 Å². The molecule has 2 aromatic heterocycles. The predicted octanol–water partition coefficient (Wildman–Crippen LogP) is 3.85. The molecule has 2 heterocycles. The van der Waals surface area contributed by atoms with Crippen molar-refractivity contribution in [2.45, 2.75) is 27.2 Å². The number of hydrogen-bond donors (Lipinski definition) is 1. The van der Waals surface area contributed by atoms with Crippen molar-refractivity contribution < 1.29 is 4.79 Å². The first-order chi connectivity index (χ1) is 10.9. The van der Waals surface area contributed by atoms with Gasteiger partial charge < -0.3 is 5.32 Å². The van der Waals surface area contributed by atoms with Crippen LogP contribution in [-0.2, 0) is 11.2 Å². The Morgan fingerprint density at radius 1 is 1.13 bits per heavy atom. The minimum Gasteiger partial charge on any atom is -0.315 e. The van der Waals surface area contributed by atoms with E-state index in [4.69, 9.17) is 11.6 Å². The van der Waals surface area contributed by atoms with Gasteiger partial charge in [0, 0.05) is 0 Å². The highest BCUT2D eigenvalue weighted by Crippen LogP contribution is 2.29. The molecule has 1 N–H and O–H groups in total. The van der Waals surface area contributed by atoms with Gasteiger partial charge in [-0.05, 0) is 50.0 Å². The molecule has 23 heavy (non-hydrogen) atoms. The number of aromatic nitrogens is 3. The number of hydrogen-bond acceptors (Lipinski definition) is 5. The summed E-state index contributed by atoms with van der Waals surface area (Å²) in [6.45, 7) is 5.67. The second-order valence-corrected chi connectivity index (χ2v) is 6.50. The Balaban J connectivity index is 1.79. The van der Waals surface area contributed by atoms with Gasteiger partial charge in [-0.25, -0.2) is 9.97 Å². The Hall–Kier alpha value is -2.05. The van der Waals surface area contributed by atoms with Crippen LogP contribution in [0.25, 0.3) is 11.0 Å². The van der Waals surface area contributed by atoms with Gasteiger partial charge in [-0.15, -0.1) is 0 Å². The summed E-state index contributed by atoms with van der Waals surface area (Å²) >= 11 is 7.27. The van der Waals surface area contributed by atoms with Crippen LogP contribution in [0.15, 0.2) is 18.2 Å². The molecule has 0 saturated heterocycles. The Bertz CT molecular complexity index is 906. The Labute approximate surface area is 142 Å². The average Bonchev–Trinajstić information content (AvgIpc) is 2.81. The molecule has 0 bridgehead atoms. The van der Waals surface area contributed by atoms with Gasteiger partial charge in [0.15, 0.2) is 0 Å². The molecule has 1 amide bonds. The normalized spacial score (nSPS) is 11.0. The quantitative estimate of drug-likeness (QED) is 0.782. The van der Waals surface area contributed by atoms with E-state index in [1.54, 1.807) is 6.92 Å². The third-order valence-corrected chi connectivity index (χ3v) is 4.98. The van der Waals surface area contributed by atoms with Gasteiger partial charge in [-0.3, -0.25) is 4.79 Å². The van der Waals surface area contributed by atoms with Crippen LogP contribution in [0.3, 0.4) is 0 Å². The first kappa shape index (κ1) is 15.8. The number of carbonyl (C=O) groups is 1. The maximum atomic E-state index is 12.2. The molecule has 0 aliphatic heterocycles. The lowest BCUT2D eigenvalue weighted by molar-refractivity contribution is -0.115. The fourth-order valence-electron chi connectivity index (χ4n) is 2.18. The summed E-state index contributed by atoms with van der Waals surface area (Å²) in [7, 11) is 0. The van der Waals surface area contributed by atoms with Crippen molar-refractivity contribution in [2.24, 2.45) is 0 Å². The Morgan fingerprint density at radius 2 is 1.83 bits per heavy atom. The highest BCUT2D eigenvalue weighted by Gasteiger charge is 2.12. The summed E-state index contributed by atoms with van der Waals surface area (Å²) < 4.78 is 4.11. The van der Waals surface area contributed by atoms with Gasteiger partial charge in [-0.2, -0.15) is 4.37 Å². The fraction of sp³-hybridized carbons (Fsp3) is 0.250. The second kappa shape index (κ2) is 6.22. The molecule has 0 saturated carbocycles. The molecule has 1 aromatic carbocycles. The third-order valence-electron chi connectivity index (χ3n) is 3.55. The lowest BCUT2D eigenvalue weighted by Crippen LogP contribution is -2.13. The summed E-state index contributed by atoms with van der Waals surface area (Å²) in [4.78, 5) is 21.2. The van der Waals surface area contributed by atoms with Crippen LogP contribution in [0.4, 0.5) is 5.00 Å². The molecule has 0 fully saturated rings. The largest absolute Gasteiger partial charge is 0.315 e. The SMILES string of the molecule is Cc1nc2ccc(CC(=O)Nc3snc(C)c3Cl)cc2nc1C. The lowest BCUT2D eigenvalue weighted by Gasteiger charge is -2.06. The monoisotopic (exact) mass is 346 g/mol. The smallest absolute Gasteiger partial charge is 0.229 e. The summed E-state index contributed by atoms with van der Waals surface area (Å²) in [5.74, 6) is -0.133. The second-order valence-electron chi connectivity index (χ2n) is 5.35. The molecular weight excluding hydrogens is 332 g/mol. The Kier molecular flexibility index (Phi) is 4.28. The molecule has 3 rings (SSSR count). The van der Waals surface area contributed by atoms with Crippen molar-refractivity contribution in [1.29, 1.82) is 0 Å². The van der Waals surface area contributed by atoms with Gasteiger partial charge in [0.1, 0.15) is 5.00 Å². The van der Waals surface area contributed by atoms with Crippen LogP contribution in [0.5, 0.6) is 0 Å². The van der Waals surface area contributed by atoms with E-state index in [-0.39, 0.29) is 12.3 Å². The average molecular weight is 347 g/mol. The molecule has 0 aliphatic rings. The van der Waals surface area contributed by atoms with Gasteiger partial charge in [0.2, 0.25) is 5.91 Å². The highest BCUT2D eigenvalue weighted by molar-refractivity contribution is 7.11. The number of amides is 1. The van der Waals surface area contributed by atoms with Crippen molar-refractivity contribution in [3.8, 4) is 0 Å². The first-order valence-electron chi connectivity index (χ1n) is 7.09. The van der Waals surface area contributed by atoms with Gasteiger partial charge in [0.25, 0.3) is 0 Å². The van der Waals surface area contributed by atoms with Crippen LogP contribution >= 0.6 is 23.1 Å². The van der Waals surface area contributed by atoms with E-state index in [2.05, 4.69) is 19.7 Å². The van der Waals surface area contributed by atoms with Gasteiger partial charge >= 0.3 is 0 Å². The fourth-order valence-corrected chi connectivity index (χ4v) is 3.13. The molecule has 0 unspecified atom stereocenters. The number of nitrogens with zero attached hydrogens (tertiary/aromatic N) is 3. The molecule has 7 heteroatoms. The molecule has 118 valence electrons. The summed E-state index contributed by atoms with van der Waals surface area (Å²) in [5, 5.41) is 3.88. The predicted molar refractivity (Wildman–Crippen MR) is 93.2 cm³/mol. The molecule has 0 radical (unpaired) electrons. The highest BCUT2D eigenvalue weighted by atomic mass is 35.5. The van der Waals surface area contributed by atoms with Crippen LogP contribution < -0.4 is 5.32 Å². The number of benzene rings is 1. The van der Waals surface area contributed by atoms with Crippen molar-refractivity contribution in [1.82, 2.24) is 14.3 Å². The number of aryl methyl sites for hydroxylation is 3. The molecule has 5 nitrogen and oxygen atoms in total. The van der Waals surface area contributed by atoms with E-state index in [0.717, 1.165) is 33.7 Å². The number of carbonyl (C=O) groups excluding carboxylic acids is 1. The van der Waals surface area contributed by atoms with E-state index in [9.17, 15) is 4.79 Å². The molecule has 0 spiro atoms. The van der Waals surface area contributed by atoms with E-state index < -0.39 is 0 Å². The van der Waals surface area contributed by atoms with E-state index in [1.165, 1.54) is 11.5 Å². The number of anilines is 1. The van der Waals surface area contributed by atoms with Gasteiger partial charge in [0.05, 0.1) is 39.6 Å². The molecule has 0 atom stereocenters.